The number of hydrogen-bond acceptors (Lipinski definition) is 2. The molecule has 0 fully saturated rings. The SMILES string of the molecule is CC(C)CN.CC(C)N. The zero-order chi connectivity index (χ0) is 7.86. The molecule has 0 aliphatic carbocycles. The minimum Gasteiger partial charge on any atom is -0.330 e. The molecule has 0 aliphatic heterocycles. The molecule has 9 heavy (non-hydrogen) atoms. The maximum Gasteiger partial charge on any atom is -0.00179 e. The van der Waals surface area contributed by atoms with E-state index >= 15 is 0 Å². The standard InChI is InChI=1S/C4H11N.C3H9N/c1-4(2)3-5;1-3(2)4/h4H,3,5H2,1-2H3;3H,4H2,1-2H3. The Balaban J connectivity index is 0. The smallest absolute Gasteiger partial charge is 0.00179 e. The molecule has 0 unspecified atom stereocenters. The fourth-order valence-corrected chi connectivity index (χ4v) is 0. The molecule has 0 aromatic carbocycles. The van der Waals surface area contributed by atoms with Crippen LogP contribution in [-0.4, -0.2) is 12.6 Å². The van der Waals surface area contributed by atoms with Gasteiger partial charge in [0.1, 0.15) is 0 Å². The third kappa shape index (κ3) is 75.3. The highest BCUT2D eigenvalue weighted by atomic mass is 14.6. The quantitative estimate of drug-likeness (QED) is 0.558. The van der Waals surface area contributed by atoms with Gasteiger partial charge in [0.05, 0.1) is 0 Å². The molecule has 0 aliphatic rings. The molecule has 0 aromatic heterocycles. The first-order valence-corrected chi connectivity index (χ1v) is 3.46. The first kappa shape index (κ1) is 11.7. The van der Waals surface area contributed by atoms with Crippen molar-refractivity contribution >= 4 is 0 Å². The Morgan fingerprint density at radius 1 is 1.11 bits per heavy atom. The molecule has 0 bridgehead atoms. The van der Waals surface area contributed by atoms with E-state index in [1.807, 2.05) is 13.8 Å². The van der Waals surface area contributed by atoms with Crippen LogP contribution in [0.25, 0.3) is 0 Å². The maximum absolute atomic E-state index is 5.17. The van der Waals surface area contributed by atoms with E-state index in [-0.39, 0.29) is 0 Å². The average molecular weight is 132 g/mol. The molecule has 0 radical (unpaired) electrons. The Kier molecular flexibility index (Phi) is 10.3. The minimum atomic E-state index is 0.333. The van der Waals surface area contributed by atoms with Crippen LogP contribution in [0.2, 0.25) is 0 Å². The largest absolute Gasteiger partial charge is 0.330 e. The fraction of sp³-hybridized carbons (Fsp3) is 1.00. The summed E-state index contributed by atoms with van der Waals surface area (Å²) in [5.41, 5.74) is 10.3. The van der Waals surface area contributed by atoms with Gasteiger partial charge in [-0.25, -0.2) is 0 Å². The van der Waals surface area contributed by atoms with Gasteiger partial charge in [0.25, 0.3) is 0 Å². The summed E-state index contributed by atoms with van der Waals surface area (Å²) in [5.74, 6) is 0.662. The Morgan fingerprint density at radius 3 is 1.22 bits per heavy atom. The molecular formula is C7H20N2. The summed E-state index contributed by atoms with van der Waals surface area (Å²) in [5, 5.41) is 0. The molecule has 0 aromatic rings. The molecule has 0 saturated carbocycles. The number of nitrogens with two attached hydrogens (primary N) is 2. The zero-order valence-electron chi connectivity index (χ0n) is 7.02. The second-order valence-electron chi connectivity index (χ2n) is 2.87. The summed E-state index contributed by atoms with van der Waals surface area (Å²) >= 11 is 0. The fourth-order valence-electron chi connectivity index (χ4n) is 0. The van der Waals surface area contributed by atoms with Gasteiger partial charge in [-0.2, -0.15) is 0 Å². The van der Waals surface area contributed by atoms with Crippen LogP contribution in [0, 0.1) is 5.92 Å². The van der Waals surface area contributed by atoms with Gasteiger partial charge < -0.3 is 11.5 Å². The van der Waals surface area contributed by atoms with Crippen molar-refractivity contribution in [3.05, 3.63) is 0 Å². The van der Waals surface area contributed by atoms with Crippen molar-refractivity contribution in [2.45, 2.75) is 33.7 Å². The molecule has 2 nitrogen and oxygen atoms in total. The van der Waals surface area contributed by atoms with E-state index in [0.29, 0.717) is 12.0 Å². The molecule has 58 valence electrons. The molecule has 0 spiro atoms. The highest BCUT2D eigenvalue weighted by molar-refractivity contribution is 4.38. The van der Waals surface area contributed by atoms with Gasteiger partial charge >= 0.3 is 0 Å². The predicted molar refractivity (Wildman–Crippen MR) is 43.2 cm³/mol. The molecule has 0 amide bonds. The van der Waals surface area contributed by atoms with Crippen LogP contribution in [-0.2, 0) is 0 Å². The van der Waals surface area contributed by atoms with Crippen molar-refractivity contribution in [2.75, 3.05) is 6.54 Å². The first-order valence-electron chi connectivity index (χ1n) is 3.46. The van der Waals surface area contributed by atoms with Crippen molar-refractivity contribution in [3.63, 3.8) is 0 Å². The lowest BCUT2D eigenvalue weighted by Gasteiger charge is -1.91. The lowest BCUT2D eigenvalue weighted by molar-refractivity contribution is 0.664. The Hall–Kier alpha value is -0.0800. The summed E-state index contributed by atoms with van der Waals surface area (Å²) in [6.45, 7) is 8.89. The Labute approximate surface area is 58.6 Å². The normalized spacial score (nSPS) is 9.33. The van der Waals surface area contributed by atoms with Crippen molar-refractivity contribution in [1.82, 2.24) is 0 Å². The third-order valence-electron chi connectivity index (χ3n) is 0.471. The van der Waals surface area contributed by atoms with Crippen LogP contribution >= 0.6 is 0 Å². The molecule has 2 heteroatoms. The average Bonchev–Trinajstić information content (AvgIpc) is 1.65. The minimum absolute atomic E-state index is 0.333. The van der Waals surface area contributed by atoms with E-state index in [1.165, 1.54) is 0 Å². The molecule has 0 heterocycles. The van der Waals surface area contributed by atoms with Crippen LogP contribution in [0.1, 0.15) is 27.7 Å². The second kappa shape index (κ2) is 7.92. The highest BCUT2D eigenvalue weighted by Gasteiger charge is 1.80. The monoisotopic (exact) mass is 132 g/mol. The Morgan fingerprint density at radius 2 is 1.22 bits per heavy atom. The molecule has 0 saturated heterocycles. The topological polar surface area (TPSA) is 52.0 Å². The molecule has 0 rings (SSSR count). The van der Waals surface area contributed by atoms with Crippen LogP contribution in [0.15, 0.2) is 0 Å². The van der Waals surface area contributed by atoms with E-state index in [9.17, 15) is 0 Å². The molecular weight excluding hydrogens is 112 g/mol. The maximum atomic E-state index is 5.17. The van der Waals surface area contributed by atoms with Crippen LogP contribution in [0.4, 0.5) is 0 Å². The van der Waals surface area contributed by atoms with E-state index in [0.717, 1.165) is 6.54 Å². The summed E-state index contributed by atoms with van der Waals surface area (Å²) in [6, 6.07) is 0.333. The van der Waals surface area contributed by atoms with E-state index in [4.69, 9.17) is 11.5 Å². The van der Waals surface area contributed by atoms with Crippen LogP contribution in [0.3, 0.4) is 0 Å². The van der Waals surface area contributed by atoms with Crippen LogP contribution < -0.4 is 11.5 Å². The van der Waals surface area contributed by atoms with Crippen molar-refractivity contribution in [1.29, 1.82) is 0 Å². The van der Waals surface area contributed by atoms with Gasteiger partial charge in [-0.05, 0) is 18.5 Å². The molecule has 4 N–H and O–H groups in total. The van der Waals surface area contributed by atoms with E-state index < -0.39 is 0 Å². The lowest BCUT2D eigenvalue weighted by atomic mass is 10.2. The number of hydrogen-bond donors (Lipinski definition) is 2. The second-order valence-corrected chi connectivity index (χ2v) is 2.87. The van der Waals surface area contributed by atoms with Gasteiger partial charge in [0, 0.05) is 0 Å². The summed E-state index contributed by atoms with van der Waals surface area (Å²) in [6.07, 6.45) is 0. The third-order valence-corrected chi connectivity index (χ3v) is 0.471. The van der Waals surface area contributed by atoms with Crippen molar-refractivity contribution < 1.29 is 0 Å². The van der Waals surface area contributed by atoms with Crippen molar-refractivity contribution in [2.24, 2.45) is 17.4 Å². The van der Waals surface area contributed by atoms with Crippen LogP contribution in [0.5, 0.6) is 0 Å². The zero-order valence-corrected chi connectivity index (χ0v) is 7.02. The van der Waals surface area contributed by atoms with Gasteiger partial charge in [-0.3, -0.25) is 0 Å². The van der Waals surface area contributed by atoms with E-state index in [1.54, 1.807) is 0 Å². The highest BCUT2D eigenvalue weighted by Crippen LogP contribution is 1.81. The first-order chi connectivity index (χ1) is 4.00. The summed E-state index contributed by atoms with van der Waals surface area (Å²) in [4.78, 5) is 0. The number of rotatable bonds is 1. The predicted octanol–water partition coefficient (Wildman–Crippen LogP) is 0.955. The lowest BCUT2D eigenvalue weighted by Crippen LogP contribution is -2.06. The molecule has 0 atom stereocenters. The summed E-state index contributed by atoms with van der Waals surface area (Å²) in [7, 11) is 0. The van der Waals surface area contributed by atoms with Crippen molar-refractivity contribution in [3.8, 4) is 0 Å². The van der Waals surface area contributed by atoms with Gasteiger partial charge in [-0.1, -0.05) is 27.7 Å². The van der Waals surface area contributed by atoms with Gasteiger partial charge in [-0.15, -0.1) is 0 Å². The van der Waals surface area contributed by atoms with Gasteiger partial charge in [0.2, 0.25) is 0 Å². The van der Waals surface area contributed by atoms with E-state index in [2.05, 4.69) is 13.8 Å². The van der Waals surface area contributed by atoms with Gasteiger partial charge in [0.15, 0.2) is 0 Å². The summed E-state index contributed by atoms with van der Waals surface area (Å²) < 4.78 is 0. The Bertz CT molecular complexity index is 39.4.